The summed E-state index contributed by atoms with van der Waals surface area (Å²) in [4.78, 5) is 12.5. The quantitative estimate of drug-likeness (QED) is 0.0819. The van der Waals surface area contributed by atoms with Gasteiger partial charge in [0, 0.05) is 6.92 Å². The molecule has 1 unspecified atom stereocenters. The number of aliphatic hydroxyl groups excluding tert-OH is 11. The maximum absolute atomic E-state index is 12.5. The first kappa shape index (κ1) is 42.4. The zero-order valence-corrected chi connectivity index (χ0v) is 27.8. The van der Waals surface area contributed by atoms with Gasteiger partial charge in [0.25, 0.3) is 0 Å². The number of aliphatic hydroxyl groups is 11. The summed E-state index contributed by atoms with van der Waals surface area (Å²) >= 11 is 0. The summed E-state index contributed by atoms with van der Waals surface area (Å²) in [5.41, 5.74) is 0. The number of carbonyl (C=O) groups excluding carboxylic acids is 1. The zero-order valence-electron chi connectivity index (χ0n) is 26.9. The first-order chi connectivity index (χ1) is 23.8. The Labute approximate surface area is 289 Å². The molecular weight excluding hydrogens is 726 g/mol. The van der Waals surface area contributed by atoms with Crippen LogP contribution in [0.1, 0.15) is 13.8 Å². The molecule has 0 aromatic carbocycles. The van der Waals surface area contributed by atoms with Crippen LogP contribution in [0.3, 0.4) is 0 Å². The lowest BCUT2D eigenvalue weighted by atomic mass is 9.93. The Morgan fingerprint density at radius 2 is 1.12 bits per heavy atom. The highest BCUT2D eigenvalue weighted by molar-refractivity contribution is 7.80. The van der Waals surface area contributed by atoms with Crippen molar-refractivity contribution in [3.63, 3.8) is 0 Å². The van der Waals surface area contributed by atoms with Crippen molar-refractivity contribution in [2.24, 2.45) is 0 Å². The van der Waals surface area contributed by atoms with E-state index < -0.39 is 159 Å². The first-order valence-corrected chi connectivity index (χ1v) is 17.0. The van der Waals surface area contributed by atoms with Crippen LogP contribution in [0.5, 0.6) is 0 Å². The van der Waals surface area contributed by atoms with Crippen molar-refractivity contribution in [1.29, 1.82) is 0 Å². The highest BCUT2D eigenvalue weighted by Crippen LogP contribution is 2.36. The van der Waals surface area contributed by atoms with Gasteiger partial charge in [0.05, 0.1) is 25.9 Å². The monoisotopic (exact) mass is 771 g/mol. The molecule has 0 aromatic heterocycles. The fourth-order valence-corrected chi connectivity index (χ4v) is 6.63. The largest absolute Gasteiger partial charge is 0.397 e. The van der Waals surface area contributed by atoms with Crippen LogP contribution in [-0.4, -0.2) is 218 Å². The summed E-state index contributed by atoms with van der Waals surface area (Å²) in [5.74, 6) is -0.832. The number of nitrogens with one attached hydrogen (secondary N) is 1. The van der Waals surface area contributed by atoms with E-state index in [-0.39, 0.29) is 0 Å². The van der Waals surface area contributed by atoms with Crippen LogP contribution in [-0.2, 0) is 52.5 Å². The van der Waals surface area contributed by atoms with E-state index in [9.17, 15) is 73.9 Å². The van der Waals surface area contributed by atoms with Gasteiger partial charge in [0.1, 0.15) is 91.5 Å². The lowest BCUT2D eigenvalue weighted by Crippen LogP contribution is -2.71. The smallest absolute Gasteiger partial charge is 0.394 e. The van der Waals surface area contributed by atoms with Crippen molar-refractivity contribution in [3.8, 4) is 0 Å². The number of hydrogen-bond acceptors (Lipinski definition) is 22. The molecular formula is C26H45NO23S. The molecule has 4 aliphatic heterocycles. The molecule has 4 fully saturated rings. The minimum Gasteiger partial charge on any atom is -0.394 e. The number of hydrogen-bond donors (Lipinski definition) is 13. The molecule has 0 radical (unpaired) electrons. The van der Waals surface area contributed by atoms with Crippen molar-refractivity contribution < 1.29 is 111 Å². The fraction of sp³-hybridized carbons (Fsp3) is 0.962. The van der Waals surface area contributed by atoms with E-state index in [1.54, 1.807) is 0 Å². The molecule has 4 rings (SSSR count). The molecule has 25 heteroatoms. The predicted molar refractivity (Wildman–Crippen MR) is 154 cm³/mol. The Bertz CT molecular complexity index is 1250. The second-order valence-electron chi connectivity index (χ2n) is 12.4. The Kier molecular flexibility index (Phi) is 14.4. The first-order valence-electron chi connectivity index (χ1n) is 15.6. The molecule has 298 valence electrons. The van der Waals surface area contributed by atoms with E-state index in [1.807, 2.05) is 0 Å². The Morgan fingerprint density at radius 3 is 1.69 bits per heavy atom. The maximum Gasteiger partial charge on any atom is 0.397 e. The standard InChI is InChI=1S/C26H45NO23S/c1-6-12(32)15(35)16(36)25(43-6)48-20-11(27-7(2)31)24(49-21-13(33)8(3-28)44-23(39)17(21)37)46-10(5-30)19(20)47-26-18(38)22(50-51(40,41)42)14(34)9(4-29)45-26/h6,8-26,28-30,32-39H,3-5H2,1-2H3,(H,27,31)(H,40,41,42)/t6-,8+,9+,10+,11+,12+,13-,14-,15+,16-,17+,18+,19+,20+,21-,22-,23?,24-,25-,26-/m0/s1. The second kappa shape index (κ2) is 17.4. The summed E-state index contributed by atoms with van der Waals surface area (Å²) < 4.78 is 76.0. The summed E-state index contributed by atoms with van der Waals surface area (Å²) in [7, 11) is -5.34. The average molecular weight is 772 g/mol. The van der Waals surface area contributed by atoms with Gasteiger partial charge in [0.15, 0.2) is 25.2 Å². The minimum absolute atomic E-state index is 0.832. The van der Waals surface area contributed by atoms with Gasteiger partial charge >= 0.3 is 10.4 Å². The van der Waals surface area contributed by atoms with Crippen molar-refractivity contribution in [2.75, 3.05) is 19.8 Å². The average Bonchev–Trinajstić information content (AvgIpc) is 3.06. The molecule has 0 bridgehead atoms. The second-order valence-corrected chi connectivity index (χ2v) is 13.4. The van der Waals surface area contributed by atoms with Gasteiger partial charge in [0.2, 0.25) is 5.91 Å². The fourth-order valence-electron chi connectivity index (χ4n) is 6.12. The van der Waals surface area contributed by atoms with Gasteiger partial charge < -0.3 is 94.6 Å². The molecule has 0 spiro atoms. The Balaban J connectivity index is 1.76. The van der Waals surface area contributed by atoms with E-state index in [0.29, 0.717) is 0 Å². The van der Waals surface area contributed by atoms with Gasteiger partial charge in [-0.25, -0.2) is 4.18 Å². The molecule has 0 saturated carbocycles. The normalized spacial score (nSPS) is 48.3. The highest BCUT2D eigenvalue weighted by atomic mass is 32.3. The van der Waals surface area contributed by atoms with Crippen LogP contribution in [0.2, 0.25) is 0 Å². The summed E-state index contributed by atoms with van der Waals surface area (Å²) in [5, 5.41) is 117. The maximum atomic E-state index is 12.5. The number of amides is 1. The molecule has 4 heterocycles. The lowest BCUT2D eigenvalue weighted by molar-refractivity contribution is -0.384. The van der Waals surface area contributed by atoms with E-state index in [2.05, 4.69) is 9.50 Å². The molecule has 24 nitrogen and oxygen atoms in total. The molecule has 4 aliphatic rings. The van der Waals surface area contributed by atoms with Gasteiger partial charge in [-0.05, 0) is 6.92 Å². The minimum atomic E-state index is -5.34. The molecule has 51 heavy (non-hydrogen) atoms. The van der Waals surface area contributed by atoms with Crippen molar-refractivity contribution in [1.82, 2.24) is 5.32 Å². The number of ether oxygens (including phenoxy) is 7. The third kappa shape index (κ3) is 9.47. The van der Waals surface area contributed by atoms with Crippen molar-refractivity contribution >= 4 is 16.3 Å². The lowest BCUT2D eigenvalue weighted by Gasteiger charge is -2.51. The topological polar surface area (TPSA) is 380 Å². The van der Waals surface area contributed by atoms with Crippen LogP contribution in [0, 0.1) is 0 Å². The van der Waals surface area contributed by atoms with Crippen molar-refractivity contribution in [3.05, 3.63) is 0 Å². The molecule has 13 N–H and O–H groups in total. The summed E-state index contributed by atoms with van der Waals surface area (Å²) in [6.07, 6.45) is -35.5. The van der Waals surface area contributed by atoms with E-state index in [0.717, 1.165) is 6.92 Å². The third-order valence-corrected chi connectivity index (χ3v) is 9.24. The van der Waals surface area contributed by atoms with Gasteiger partial charge in [-0.2, -0.15) is 8.42 Å². The van der Waals surface area contributed by atoms with Gasteiger partial charge in [-0.1, -0.05) is 0 Å². The molecule has 0 aromatic rings. The molecule has 20 atom stereocenters. The molecule has 0 aliphatic carbocycles. The van der Waals surface area contributed by atoms with Crippen LogP contribution in [0.25, 0.3) is 0 Å². The molecule has 4 saturated heterocycles. The SMILES string of the molecule is CC(=O)N[C@H]1[C@H](O[C@H]2[C@@H](O)[C@@H](CO)OC(O)[C@@H]2O)O[C@H](CO)[C@@H](O[C@@H]2O[C@H](CO)[C@H](O)[C@H](OS(=O)(=O)O)[C@H]2O)[C@@H]1O[C@@H]1O[C@@H](C)[C@@H](O)[C@@H](O)[C@@H]1O. The summed E-state index contributed by atoms with van der Waals surface area (Å²) in [6, 6.07) is -1.72. The Morgan fingerprint density at radius 1 is 0.608 bits per heavy atom. The predicted octanol–water partition coefficient (Wildman–Crippen LogP) is -8.75. The van der Waals surface area contributed by atoms with Crippen LogP contribution in [0.15, 0.2) is 0 Å². The van der Waals surface area contributed by atoms with Crippen LogP contribution < -0.4 is 5.32 Å². The van der Waals surface area contributed by atoms with Crippen LogP contribution >= 0.6 is 0 Å². The van der Waals surface area contributed by atoms with Gasteiger partial charge in [-0.3, -0.25) is 9.35 Å². The van der Waals surface area contributed by atoms with E-state index in [4.69, 9.17) is 33.2 Å². The third-order valence-electron chi connectivity index (χ3n) is 8.77. The zero-order chi connectivity index (χ0) is 38.1. The Hall–Kier alpha value is -1.38. The van der Waals surface area contributed by atoms with Crippen LogP contribution in [0.4, 0.5) is 0 Å². The number of rotatable bonds is 12. The number of carbonyl (C=O) groups is 1. The molecule has 1 amide bonds. The highest BCUT2D eigenvalue weighted by Gasteiger charge is 2.57. The van der Waals surface area contributed by atoms with E-state index in [1.165, 1.54) is 6.92 Å². The summed E-state index contributed by atoms with van der Waals surface area (Å²) in [6.45, 7) is -0.599. The van der Waals surface area contributed by atoms with Crippen molar-refractivity contribution in [2.45, 2.75) is 137 Å². The van der Waals surface area contributed by atoms with Gasteiger partial charge in [-0.15, -0.1) is 0 Å². The van der Waals surface area contributed by atoms with E-state index >= 15 is 0 Å².